The smallest absolute Gasteiger partial charge is 0.0391 e. The molecule has 94 valence electrons. The van der Waals surface area contributed by atoms with Crippen molar-refractivity contribution in [3.05, 3.63) is 23.8 Å². The number of likely N-dealkylation sites (tertiary alicyclic amines) is 1. The van der Waals surface area contributed by atoms with Crippen LogP contribution in [0.4, 0.5) is 11.4 Å². The van der Waals surface area contributed by atoms with Gasteiger partial charge in [-0.3, -0.25) is 0 Å². The molecule has 3 nitrogen and oxygen atoms in total. The predicted molar refractivity (Wildman–Crippen MR) is 74.4 cm³/mol. The molecule has 1 atom stereocenters. The highest BCUT2D eigenvalue weighted by Gasteiger charge is 2.18. The molecule has 3 N–H and O–H groups in total. The molecule has 1 aliphatic rings. The van der Waals surface area contributed by atoms with E-state index in [-0.39, 0.29) is 0 Å². The Kier molecular flexibility index (Phi) is 3.89. The summed E-state index contributed by atoms with van der Waals surface area (Å²) in [7, 11) is 2.22. The summed E-state index contributed by atoms with van der Waals surface area (Å²) >= 11 is 0. The van der Waals surface area contributed by atoms with Crippen LogP contribution < -0.4 is 11.1 Å². The molecule has 1 aliphatic heterocycles. The molecule has 17 heavy (non-hydrogen) atoms. The summed E-state index contributed by atoms with van der Waals surface area (Å²) in [6, 6.07) is 6.72. The summed E-state index contributed by atoms with van der Waals surface area (Å²) in [6.45, 7) is 4.31. The maximum absolute atomic E-state index is 5.91. The Labute approximate surface area is 104 Å². The van der Waals surface area contributed by atoms with Crippen LogP contribution >= 0.6 is 0 Å². The van der Waals surface area contributed by atoms with E-state index < -0.39 is 0 Å². The van der Waals surface area contributed by atoms with Gasteiger partial charge in [-0.1, -0.05) is 12.5 Å². The van der Waals surface area contributed by atoms with Crippen molar-refractivity contribution in [1.29, 1.82) is 0 Å². The van der Waals surface area contributed by atoms with Gasteiger partial charge in [0.05, 0.1) is 0 Å². The SMILES string of the molecule is Cc1c(N)cccc1NCC1CCCCN1C. The van der Waals surface area contributed by atoms with Gasteiger partial charge in [0.25, 0.3) is 0 Å². The molecule has 0 amide bonds. The summed E-state index contributed by atoms with van der Waals surface area (Å²) in [5.41, 5.74) is 9.10. The van der Waals surface area contributed by atoms with Crippen molar-refractivity contribution in [1.82, 2.24) is 4.90 Å². The Balaban J connectivity index is 1.95. The Bertz CT molecular complexity index is 376. The van der Waals surface area contributed by atoms with Crippen molar-refractivity contribution in [3.63, 3.8) is 0 Å². The molecule has 1 heterocycles. The fourth-order valence-electron chi connectivity index (χ4n) is 2.47. The lowest BCUT2D eigenvalue weighted by Gasteiger charge is -2.33. The average Bonchev–Trinajstić information content (AvgIpc) is 2.33. The van der Waals surface area contributed by atoms with E-state index >= 15 is 0 Å². The summed E-state index contributed by atoms with van der Waals surface area (Å²) in [5.74, 6) is 0. The number of nitrogens with one attached hydrogen (secondary N) is 1. The van der Waals surface area contributed by atoms with E-state index in [4.69, 9.17) is 5.73 Å². The maximum Gasteiger partial charge on any atom is 0.0391 e. The molecular weight excluding hydrogens is 210 g/mol. The second kappa shape index (κ2) is 5.41. The number of hydrogen-bond acceptors (Lipinski definition) is 3. The first-order valence-electron chi connectivity index (χ1n) is 6.47. The summed E-state index contributed by atoms with van der Waals surface area (Å²) in [5, 5.41) is 3.53. The molecule has 1 saturated heterocycles. The fourth-order valence-corrected chi connectivity index (χ4v) is 2.47. The molecule has 0 bridgehead atoms. The Morgan fingerprint density at radius 2 is 2.24 bits per heavy atom. The van der Waals surface area contributed by atoms with Crippen molar-refractivity contribution in [2.45, 2.75) is 32.2 Å². The number of benzene rings is 1. The first-order valence-corrected chi connectivity index (χ1v) is 6.47. The molecule has 0 aliphatic carbocycles. The molecule has 0 spiro atoms. The maximum atomic E-state index is 5.91. The second-order valence-corrected chi connectivity index (χ2v) is 5.03. The number of likely N-dealkylation sites (N-methyl/N-ethyl adjacent to an activating group) is 1. The zero-order valence-electron chi connectivity index (χ0n) is 10.9. The topological polar surface area (TPSA) is 41.3 Å². The molecule has 2 rings (SSSR count). The first kappa shape index (κ1) is 12.2. The monoisotopic (exact) mass is 233 g/mol. The van der Waals surface area contributed by atoms with Gasteiger partial charge >= 0.3 is 0 Å². The van der Waals surface area contributed by atoms with E-state index in [0.717, 1.165) is 17.8 Å². The van der Waals surface area contributed by atoms with Crippen LogP contribution in [0.3, 0.4) is 0 Å². The van der Waals surface area contributed by atoms with E-state index in [1.54, 1.807) is 0 Å². The van der Waals surface area contributed by atoms with Gasteiger partial charge in [-0.25, -0.2) is 0 Å². The molecule has 3 heteroatoms. The Hall–Kier alpha value is -1.22. The van der Waals surface area contributed by atoms with Gasteiger partial charge in [0.1, 0.15) is 0 Å². The van der Waals surface area contributed by atoms with Gasteiger partial charge in [0.15, 0.2) is 0 Å². The van der Waals surface area contributed by atoms with Crippen LogP contribution in [-0.2, 0) is 0 Å². The Morgan fingerprint density at radius 1 is 1.41 bits per heavy atom. The largest absolute Gasteiger partial charge is 0.398 e. The van der Waals surface area contributed by atoms with Gasteiger partial charge in [-0.15, -0.1) is 0 Å². The third-order valence-corrected chi connectivity index (χ3v) is 3.83. The van der Waals surface area contributed by atoms with Crippen molar-refractivity contribution in [2.75, 3.05) is 31.2 Å². The molecule has 0 saturated carbocycles. The average molecular weight is 233 g/mol. The van der Waals surface area contributed by atoms with Crippen LogP contribution in [0.2, 0.25) is 0 Å². The Morgan fingerprint density at radius 3 is 3.00 bits per heavy atom. The molecular formula is C14H23N3. The van der Waals surface area contributed by atoms with Crippen molar-refractivity contribution >= 4 is 11.4 Å². The molecule has 0 aromatic heterocycles. The van der Waals surface area contributed by atoms with E-state index in [1.807, 2.05) is 12.1 Å². The fraction of sp³-hybridized carbons (Fsp3) is 0.571. The van der Waals surface area contributed by atoms with Crippen LogP contribution in [0.15, 0.2) is 18.2 Å². The van der Waals surface area contributed by atoms with E-state index in [9.17, 15) is 0 Å². The van der Waals surface area contributed by atoms with Crippen molar-refractivity contribution in [2.24, 2.45) is 0 Å². The highest BCUT2D eigenvalue weighted by molar-refractivity contribution is 5.62. The van der Waals surface area contributed by atoms with Crippen LogP contribution in [0.5, 0.6) is 0 Å². The van der Waals surface area contributed by atoms with Gasteiger partial charge in [-0.05, 0) is 51.1 Å². The number of nitrogen functional groups attached to an aromatic ring is 1. The summed E-state index contributed by atoms with van der Waals surface area (Å²) in [4.78, 5) is 2.46. The minimum atomic E-state index is 0.657. The highest BCUT2D eigenvalue weighted by Crippen LogP contribution is 2.21. The van der Waals surface area contributed by atoms with Gasteiger partial charge in [0.2, 0.25) is 0 Å². The highest BCUT2D eigenvalue weighted by atomic mass is 15.2. The quantitative estimate of drug-likeness (QED) is 0.788. The zero-order valence-corrected chi connectivity index (χ0v) is 10.9. The number of nitrogens with zero attached hydrogens (tertiary/aromatic N) is 1. The second-order valence-electron chi connectivity index (χ2n) is 5.03. The predicted octanol–water partition coefficient (Wildman–Crippen LogP) is 2.47. The third-order valence-electron chi connectivity index (χ3n) is 3.83. The lowest BCUT2D eigenvalue weighted by Crippen LogP contribution is -2.40. The summed E-state index contributed by atoms with van der Waals surface area (Å²) in [6.07, 6.45) is 3.99. The molecule has 1 unspecified atom stereocenters. The van der Waals surface area contributed by atoms with E-state index in [2.05, 4.69) is 30.3 Å². The summed E-state index contributed by atoms with van der Waals surface area (Å²) < 4.78 is 0. The number of piperidine rings is 1. The van der Waals surface area contributed by atoms with E-state index in [1.165, 1.54) is 31.5 Å². The molecule has 1 fully saturated rings. The van der Waals surface area contributed by atoms with Crippen LogP contribution in [0, 0.1) is 6.92 Å². The lowest BCUT2D eigenvalue weighted by molar-refractivity contribution is 0.194. The van der Waals surface area contributed by atoms with Gasteiger partial charge in [0, 0.05) is 24.0 Å². The molecule has 1 aromatic rings. The third kappa shape index (κ3) is 2.91. The zero-order chi connectivity index (χ0) is 12.3. The number of hydrogen-bond donors (Lipinski definition) is 2. The van der Waals surface area contributed by atoms with E-state index in [0.29, 0.717) is 6.04 Å². The van der Waals surface area contributed by atoms with Crippen LogP contribution in [0.1, 0.15) is 24.8 Å². The lowest BCUT2D eigenvalue weighted by atomic mass is 10.0. The minimum absolute atomic E-state index is 0.657. The number of nitrogens with two attached hydrogens (primary N) is 1. The van der Waals surface area contributed by atoms with Crippen molar-refractivity contribution in [3.8, 4) is 0 Å². The van der Waals surface area contributed by atoms with Gasteiger partial charge < -0.3 is 16.0 Å². The number of rotatable bonds is 3. The van der Waals surface area contributed by atoms with Crippen molar-refractivity contribution < 1.29 is 0 Å². The standard InChI is InChI=1S/C14H23N3/c1-11-13(15)7-5-8-14(11)16-10-12-6-3-4-9-17(12)2/h5,7-8,12,16H,3-4,6,9-10,15H2,1-2H3. The molecule has 0 radical (unpaired) electrons. The molecule has 1 aromatic carbocycles. The minimum Gasteiger partial charge on any atom is -0.398 e. The first-order chi connectivity index (χ1) is 8.18. The van der Waals surface area contributed by atoms with Crippen LogP contribution in [-0.4, -0.2) is 31.1 Å². The number of anilines is 2. The normalized spacial score (nSPS) is 21.4. The van der Waals surface area contributed by atoms with Crippen LogP contribution in [0.25, 0.3) is 0 Å². The van der Waals surface area contributed by atoms with Gasteiger partial charge in [-0.2, -0.15) is 0 Å².